The van der Waals surface area contributed by atoms with E-state index in [1.54, 1.807) is 0 Å². The van der Waals surface area contributed by atoms with Gasteiger partial charge < -0.3 is 20.3 Å². The number of rotatable bonds is 40. The quantitative estimate of drug-likeness (QED) is 0.0328. The van der Waals surface area contributed by atoms with Crippen LogP contribution >= 0.6 is 0 Å². The maximum absolute atomic E-state index is 13.1. The smallest absolute Gasteiger partial charge is 0.306 e. The highest BCUT2D eigenvalue weighted by molar-refractivity contribution is 5.77. The van der Waals surface area contributed by atoms with Gasteiger partial charge in [-0.05, 0) is 64.2 Å². The summed E-state index contributed by atoms with van der Waals surface area (Å²) in [5, 5.41) is 23.6. The highest BCUT2D eigenvalue weighted by atomic mass is 16.5. The highest BCUT2D eigenvalue weighted by Gasteiger charge is 2.24. The van der Waals surface area contributed by atoms with Gasteiger partial charge in [0.25, 0.3) is 0 Å². The molecule has 0 rings (SSSR count). The van der Waals surface area contributed by atoms with Gasteiger partial charge in [-0.1, -0.05) is 197 Å². The summed E-state index contributed by atoms with van der Waals surface area (Å²) >= 11 is 0. The fourth-order valence-electron chi connectivity index (χ4n) is 6.64. The number of aliphatic hydroxyl groups excluding tert-OH is 2. The summed E-state index contributed by atoms with van der Waals surface area (Å²) in [4.78, 5) is 25.9. The van der Waals surface area contributed by atoms with Crippen molar-refractivity contribution in [2.24, 2.45) is 0 Å². The van der Waals surface area contributed by atoms with Crippen molar-refractivity contribution >= 4 is 11.9 Å². The van der Waals surface area contributed by atoms with Crippen molar-refractivity contribution in [3.8, 4) is 0 Å². The second kappa shape index (κ2) is 42.7. The van der Waals surface area contributed by atoms with Crippen LogP contribution in [0.2, 0.25) is 0 Å². The predicted octanol–water partition coefficient (Wildman–Crippen LogP) is 13.3. The lowest BCUT2D eigenvalue weighted by atomic mass is 10.0. The van der Waals surface area contributed by atoms with E-state index in [1.807, 2.05) is 0 Å². The minimum atomic E-state index is -0.800. The van der Waals surface area contributed by atoms with Crippen LogP contribution in [0.4, 0.5) is 0 Å². The van der Waals surface area contributed by atoms with Crippen LogP contribution in [0.15, 0.2) is 60.8 Å². The van der Waals surface area contributed by atoms with Crippen LogP contribution in [0.25, 0.3) is 0 Å². The monoisotopic (exact) mass is 770 g/mol. The first-order chi connectivity index (χ1) is 27.0. The number of allylic oxidation sites excluding steroid dienone is 10. The van der Waals surface area contributed by atoms with Gasteiger partial charge in [0.15, 0.2) is 0 Å². The molecule has 318 valence electrons. The lowest BCUT2D eigenvalue weighted by molar-refractivity contribution is -0.151. The van der Waals surface area contributed by atoms with Gasteiger partial charge >= 0.3 is 5.97 Å². The van der Waals surface area contributed by atoms with E-state index >= 15 is 0 Å². The third kappa shape index (κ3) is 38.2. The van der Waals surface area contributed by atoms with Crippen molar-refractivity contribution in [3.05, 3.63) is 60.8 Å². The Morgan fingerprint density at radius 1 is 0.545 bits per heavy atom. The van der Waals surface area contributed by atoms with Crippen molar-refractivity contribution in [2.45, 2.75) is 232 Å². The molecule has 0 saturated carbocycles. The average Bonchev–Trinajstić information content (AvgIpc) is 3.18. The molecule has 0 fully saturated rings. The third-order valence-corrected chi connectivity index (χ3v) is 10.1. The number of carbonyl (C=O) groups is 2. The minimum Gasteiger partial charge on any atom is -0.462 e. The molecule has 3 atom stereocenters. The number of amides is 1. The highest BCUT2D eigenvalue weighted by Crippen LogP contribution is 2.16. The second-order valence-corrected chi connectivity index (χ2v) is 15.4. The van der Waals surface area contributed by atoms with Gasteiger partial charge in [-0.2, -0.15) is 0 Å². The van der Waals surface area contributed by atoms with E-state index in [4.69, 9.17) is 4.74 Å². The molecule has 0 aliphatic heterocycles. The maximum atomic E-state index is 13.1. The number of ether oxygens (including phenoxy) is 1. The molecule has 0 aromatic rings. The molecule has 3 N–H and O–H groups in total. The average molecular weight is 770 g/mol. The van der Waals surface area contributed by atoms with Crippen LogP contribution in [0.1, 0.15) is 213 Å². The summed E-state index contributed by atoms with van der Waals surface area (Å²) in [7, 11) is 0. The summed E-state index contributed by atoms with van der Waals surface area (Å²) in [6.07, 6.45) is 51.4. The van der Waals surface area contributed by atoms with Crippen molar-refractivity contribution in [1.82, 2.24) is 5.32 Å². The summed E-state index contributed by atoms with van der Waals surface area (Å²) in [5.41, 5.74) is 0. The Kier molecular flexibility index (Phi) is 40.8. The van der Waals surface area contributed by atoms with E-state index < -0.39 is 18.2 Å². The molecule has 6 nitrogen and oxygen atoms in total. The topological polar surface area (TPSA) is 95.9 Å². The predicted molar refractivity (Wildman–Crippen MR) is 236 cm³/mol. The molecule has 0 heterocycles. The van der Waals surface area contributed by atoms with Gasteiger partial charge in [-0.25, -0.2) is 0 Å². The van der Waals surface area contributed by atoms with Gasteiger partial charge in [0.2, 0.25) is 5.91 Å². The van der Waals surface area contributed by atoms with Gasteiger partial charge in [0.1, 0.15) is 6.10 Å². The van der Waals surface area contributed by atoms with E-state index in [0.29, 0.717) is 19.3 Å². The first kappa shape index (κ1) is 52.6. The summed E-state index contributed by atoms with van der Waals surface area (Å²) in [6, 6.07) is -0.717. The molecule has 0 bridgehead atoms. The Bertz CT molecular complexity index is 999. The molecular weight excluding hydrogens is 683 g/mol. The first-order valence-electron chi connectivity index (χ1n) is 23.0. The number of nitrogens with one attached hydrogen (secondary N) is 1. The number of esters is 1. The number of hydrogen-bond acceptors (Lipinski definition) is 5. The number of hydrogen-bond donors (Lipinski definition) is 3. The Balaban J connectivity index is 4.72. The van der Waals surface area contributed by atoms with Crippen LogP contribution in [-0.4, -0.2) is 46.9 Å². The van der Waals surface area contributed by atoms with Crippen molar-refractivity contribution < 1.29 is 24.5 Å². The van der Waals surface area contributed by atoms with Crippen LogP contribution in [-0.2, 0) is 14.3 Å². The number of unbranched alkanes of at least 4 members (excludes halogenated alkanes) is 18. The summed E-state index contributed by atoms with van der Waals surface area (Å²) in [6.45, 7) is 6.30. The largest absolute Gasteiger partial charge is 0.462 e. The molecule has 6 heteroatoms. The molecular formula is C49H87NO5. The molecule has 0 saturated heterocycles. The van der Waals surface area contributed by atoms with Gasteiger partial charge in [-0.3, -0.25) is 9.59 Å². The van der Waals surface area contributed by atoms with Crippen molar-refractivity contribution in [1.29, 1.82) is 0 Å². The molecule has 3 unspecified atom stereocenters. The van der Waals surface area contributed by atoms with Crippen LogP contribution in [0, 0.1) is 0 Å². The molecule has 0 aromatic heterocycles. The van der Waals surface area contributed by atoms with Crippen LogP contribution in [0.3, 0.4) is 0 Å². The fraction of sp³-hybridized carbons (Fsp3) is 0.755. The van der Waals surface area contributed by atoms with E-state index in [0.717, 1.165) is 83.5 Å². The van der Waals surface area contributed by atoms with Gasteiger partial charge in [-0.15, -0.1) is 0 Å². The van der Waals surface area contributed by atoms with E-state index in [9.17, 15) is 19.8 Å². The Labute approximate surface area is 339 Å². The minimum absolute atomic E-state index is 0.0384. The molecule has 1 amide bonds. The summed E-state index contributed by atoms with van der Waals surface area (Å²) in [5.74, 6) is -0.534. The van der Waals surface area contributed by atoms with Gasteiger partial charge in [0.05, 0.1) is 25.2 Å². The Morgan fingerprint density at radius 3 is 1.45 bits per heavy atom. The van der Waals surface area contributed by atoms with Crippen molar-refractivity contribution in [2.75, 3.05) is 6.61 Å². The molecule has 0 aliphatic carbocycles. The van der Waals surface area contributed by atoms with Crippen LogP contribution in [0.5, 0.6) is 0 Å². The summed E-state index contributed by atoms with van der Waals surface area (Å²) < 4.78 is 5.87. The van der Waals surface area contributed by atoms with E-state index in [1.165, 1.54) is 83.5 Å². The number of aliphatic hydroxyl groups is 2. The zero-order valence-corrected chi connectivity index (χ0v) is 36.0. The normalized spacial score (nSPS) is 13.9. The molecule has 0 aromatic carbocycles. The lowest BCUT2D eigenvalue weighted by Crippen LogP contribution is -2.46. The molecule has 0 spiro atoms. The lowest BCUT2D eigenvalue weighted by Gasteiger charge is -2.24. The van der Waals surface area contributed by atoms with Crippen molar-refractivity contribution in [3.63, 3.8) is 0 Å². The first-order valence-corrected chi connectivity index (χ1v) is 23.0. The van der Waals surface area contributed by atoms with Gasteiger partial charge in [0, 0.05) is 6.42 Å². The zero-order chi connectivity index (χ0) is 40.3. The van der Waals surface area contributed by atoms with E-state index in [-0.39, 0.29) is 24.9 Å². The fourth-order valence-corrected chi connectivity index (χ4v) is 6.64. The maximum Gasteiger partial charge on any atom is 0.306 e. The SMILES string of the molecule is CC/C=C\C/C=C\C/C=C\C/C=C\C/C=C\CCCC(CC(=O)NC(CO)C(O)CCCCCCCCCCC)OC(=O)CCCCCCCCCCCC. The van der Waals surface area contributed by atoms with Crippen LogP contribution < -0.4 is 5.32 Å². The Hall–Kier alpha value is -2.44. The standard InChI is InChI=1S/C49H87NO5/c1-4-7-10-13-16-19-21-22-23-24-25-26-27-29-31-34-37-40-45(55-49(54)42-39-36-33-30-20-17-14-11-8-5-2)43-48(53)50-46(44-51)47(52)41-38-35-32-28-18-15-12-9-6-3/h7,10,16,19,22-23,25-26,29,31,45-47,51-52H,4-6,8-9,11-15,17-18,20-21,24,27-28,30,32-44H2,1-3H3,(H,50,53)/b10-7-,19-16-,23-22-,26-25-,31-29-. The molecule has 0 radical (unpaired) electrons. The zero-order valence-electron chi connectivity index (χ0n) is 36.0. The molecule has 55 heavy (non-hydrogen) atoms. The molecule has 0 aliphatic rings. The Morgan fingerprint density at radius 2 is 0.982 bits per heavy atom. The van der Waals surface area contributed by atoms with E-state index in [2.05, 4.69) is 86.8 Å². The second-order valence-electron chi connectivity index (χ2n) is 15.4. The third-order valence-electron chi connectivity index (χ3n) is 10.1. The number of carbonyl (C=O) groups excluding carboxylic acids is 2.